The fraction of sp³-hybridized carbons (Fsp3) is 0.300. The Hall–Kier alpha value is -2.13. The summed E-state index contributed by atoms with van der Waals surface area (Å²) in [5, 5.41) is 3.04. The topological polar surface area (TPSA) is 92.8 Å². The minimum absolute atomic E-state index is 0.00258. The first-order valence-corrected chi connectivity index (χ1v) is 11.4. The zero-order valence-corrected chi connectivity index (χ0v) is 18.4. The van der Waals surface area contributed by atoms with Gasteiger partial charge in [-0.2, -0.15) is 4.31 Å². The molecular weight excluding hydrogens is 451 g/mol. The number of carbonyl (C=O) groups is 2. The molecule has 10 heteroatoms. The predicted molar refractivity (Wildman–Crippen MR) is 114 cm³/mol. The number of carbonyl (C=O) groups excluding carboxylic acids is 2. The standard InChI is InChI=1S/C20H20Cl2N2O5S/c1-29-20(26)15-6-2-3-7-17(15)23-19(25)13-5-4-10-24(12-13)30(27,28)18-11-14(21)8-9-16(18)22/h2-3,6-9,11,13H,4-5,10,12H2,1H3,(H,23,25)/t13-/m1/s1. The van der Waals surface area contributed by atoms with Gasteiger partial charge in [0.2, 0.25) is 15.9 Å². The average Bonchev–Trinajstić information content (AvgIpc) is 2.75. The molecule has 0 aliphatic carbocycles. The fourth-order valence-electron chi connectivity index (χ4n) is 3.30. The number of methoxy groups -OCH3 is 1. The van der Waals surface area contributed by atoms with Crippen molar-refractivity contribution in [1.82, 2.24) is 4.31 Å². The van der Waals surface area contributed by atoms with Gasteiger partial charge in [0.1, 0.15) is 4.90 Å². The van der Waals surface area contributed by atoms with Gasteiger partial charge in [-0.1, -0.05) is 35.3 Å². The molecule has 0 bridgehead atoms. The molecule has 2 aromatic rings. The first-order chi connectivity index (χ1) is 14.2. The van der Waals surface area contributed by atoms with Crippen LogP contribution in [0, 0.1) is 5.92 Å². The third-order valence-corrected chi connectivity index (χ3v) is 7.44. The van der Waals surface area contributed by atoms with Crippen molar-refractivity contribution >= 4 is 50.8 Å². The van der Waals surface area contributed by atoms with Crippen LogP contribution in [0.2, 0.25) is 10.0 Å². The molecule has 1 atom stereocenters. The molecule has 160 valence electrons. The Morgan fingerprint density at radius 2 is 1.90 bits per heavy atom. The van der Waals surface area contributed by atoms with Crippen molar-refractivity contribution in [3.05, 3.63) is 58.1 Å². The number of esters is 1. The largest absolute Gasteiger partial charge is 0.465 e. The van der Waals surface area contributed by atoms with Gasteiger partial charge in [0.05, 0.1) is 29.3 Å². The van der Waals surface area contributed by atoms with E-state index < -0.39 is 21.9 Å². The van der Waals surface area contributed by atoms with Crippen LogP contribution in [0.1, 0.15) is 23.2 Å². The third kappa shape index (κ3) is 4.78. The normalized spacial score (nSPS) is 17.4. The van der Waals surface area contributed by atoms with E-state index in [-0.39, 0.29) is 39.5 Å². The van der Waals surface area contributed by atoms with Gasteiger partial charge in [-0.05, 0) is 43.2 Å². The van der Waals surface area contributed by atoms with Crippen LogP contribution in [0.15, 0.2) is 47.4 Å². The van der Waals surface area contributed by atoms with Crippen LogP contribution < -0.4 is 5.32 Å². The van der Waals surface area contributed by atoms with E-state index in [1.807, 2.05) is 0 Å². The van der Waals surface area contributed by atoms with Crippen molar-refractivity contribution in [2.24, 2.45) is 5.92 Å². The average molecular weight is 471 g/mol. The van der Waals surface area contributed by atoms with Gasteiger partial charge in [-0.3, -0.25) is 4.79 Å². The second-order valence-corrected chi connectivity index (χ2v) is 9.55. The van der Waals surface area contributed by atoms with Crippen LogP contribution in [-0.4, -0.2) is 44.8 Å². The molecule has 7 nitrogen and oxygen atoms in total. The third-order valence-electron chi connectivity index (χ3n) is 4.86. The molecule has 1 heterocycles. The van der Waals surface area contributed by atoms with Gasteiger partial charge >= 0.3 is 5.97 Å². The molecule has 3 rings (SSSR count). The predicted octanol–water partition coefficient (Wildman–Crippen LogP) is 3.82. The number of amides is 1. The van der Waals surface area contributed by atoms with E-state index in [9.17, 15) is 18.0 Å². The molecule has 0 saturated carbocycles. The number of piperidine rings is 1. The monoisotopic (exact) mass is 470 g/mol. The Bertz CT molecular complexity index is 1070. The molecule has 30 heavy (non-hydrogen) atoms. The Labute approximate surface area is 185 Å². The SMILES string of the molecule is COC(=O)c1ccccc1NC(=O)[C@@H]1CCCN(S(=O)(=O)c2cc(Cl)ccc2Cl)C1. The number of para-hydroxylation sites is 1. The summed E-state index contributed by atoms with van der Waals surface area (Å²) in [4.78, 5) is 24.6. The summed E-state index contributed by atoms with van der Waals surface area (Å²) in [7, 11) is -2.66. The summed E-state index contributed by atoms with van der Waals surface area (Å²) < 4.78 is 32.1. The Morgan fingerprint density at radius 1 is 1.17 bits per heavy atom. The lowest BCUT2D eigenvalue weighted by Gasteiger charge is -2.31. The number of rotatable bonds is 5. The van der Waals surface area contributed by atoms with Crippen LogP contribution in [0.3, 0.4) is 0 Å². The second-order valence-electron chi connectivity index (χ2n) is 6.80. The summed E-state index contributed by atoms with van der Waals surface area (Å²) in [6.45, 7) is 0.269. The summed E-state index contributed by atoms with van der Waals surface area (Å²) >= 11 is 12.0. The van der Waals surface area contributed by atoms with E-state index >= 15 is 0 Å². The van der Waals surface area contributed by atoms with E-state index in [1.54, 1.807) is 24.3 Å². The van der Waals surface area contributed by atoms with Gasteiger partial charge in [-0.25, -0.2) is 13.2 Å². The highest BCUT2D eigenvalue weighted by Gasteiger charge is 2.34. The minimum Gasteiger partial charge on any atom is -0.465 e. The number of hydrogen-bond acceptors (Lipinski definition) is 5. The first kappa shape index (κ1) is 22.6. The summed E-state index contributed by atoms with van der Waals surface area (Å²) in [6.07, 6.45) is 1.02. The van der Waals surface area contributed by atoms with Gasteiger partial charge in [0, 0.05) is 18.1 Å². The lowest BCUT2D eigenvalue weighted by atomic mass is 9.98. The van der Waals surface area contributed by atoms with Crippen molar-refractivity contribution in [2.45, 2.75) is 17.7 Å². The van der Waals surface area contributed by atoms with E-state index in [4.69, 9.17) is 27.9 Å². The number of benzene rings is 2. The quantitative estimate of drug-likeness (QED) is 0.670. The second kappa shape index (κ2) is 9.34. The zero-order chi connectivity index (χ0) is 21.9. The first-order valence-electron chi connectivity index (χ1n) is 9.17. The number of halogens is 2. The molecule has 0 spiro atoms. The summed E-state index contributed by atoms with van der Waals surface area (Å²) in [6, 6.07) is 10.7. The molecule has 1 aliphatic heterocycles. The van der Waals surface area contributed by atoms with Crippen LogP contribution in [0.5, 0.6) is 0 Å². The van der Waals surface area contributed by atoms with Crippen molar-refractivity contribution in [3.8, 4) is 0 Å². The number of ether oxygens (including phenoxy) is 1. The van der Waals surface area contributed by atoms with E-state index in [2.05, 4.69) is 5.32 Å². The number of hydrogen-bond donors (Lipinski definition) is 1. The van der Waals surface area contributed by atoms with E-state index in [0.29, 0.717) is 18.5 Å². The maximum absolute atomic E-state index is 13.1. The van der Waals surface area contributed by atoms with E-state index in [1.165, 1.54) is 29.6 Å². The Balaban J connectivity index is 1.79. The van der Waals surface area contributed by atoms with Gasteiger partial charge in [0.15, 0.2) is 0 Å². The molecule has 1 N–H and O–H groups in total. The van der Waals surface area contributed by atoms with Gasteiger partial charge < -0.3 is 10.1 Å². The molecular formula is C20H20Cl2N2O5S. The lowest BCUT2D eigenvalue weighted by molar-refractivity contribution is -0.120. The number of nitrogens with one attached hydrogen (secondary N) is 1. The molecule has 1 amide bonds. The van der Waals surface area contributed by atoms with Crippen LogP contribution in [0.25, 0.3) is 0 Å². The summed E-state index contributed by atoms with van der Waals surface area (Å²) in [5.74, 6) is -1.53. The number of sulfonamides is 1. The molecule has 1 fully saturated rings. The van der Waals surface area contributed by atoms with Crippen molar-refractivity contribution in [2.75, 3.05) is 25.5 Å². The Kier molecular flexibility index (Phi) is 7.02. The fourth-order valence-corrected chi connectivity index (χ4v) is 5.56. The summed E-state index contributed by atoms with van der Waals surface area (Å²) in [5.41, 5.74) is 0.534. The molecule has 2 aromatic carbocycles. The smallest absolute Gasteiger partial charge is 0.339 e. The van der Waals surface area contributed by atoms with E-state index in [0.717, 1.165) is 0 Å². The van der Waals surface area contributed by atoms with Crippen molar-refractivity contribution < 1.29 is 22.7 Å². The molecule has 1 aliphatic rings. The van der Waals surface area contributed by atoms with Crippen molar-refractivity contribution in [3.63, 3.8) is 0 Å². The highest BCUT2D eigenvalue weighted by molar-refractivity contribution is 7.89. The molecule has 0 unspecified atom stereocenters. The van der Waals surface area contributed by atoms with Gasteiger partial charge in [-0.15, -0.1) is 0 Å². The van der Waals surface area contributed by atoms with Crippen molar-refractivity contribution in [1.29, 1.82) is 0 Å². The van der Waals surface area contributed by atoms with Crippen LogP contribution >= 0.6 is 23.2 Å². The highest BCUT2D eigenvalue weighted by atomic mass is 35.5. The molecule has 0 aromatic heterocycles. The number of nitrogens with zero attached hydrogens (tertiary/aromatic N) is 1. The number of anilines is 1. The molecule has 1 saturated heterocycles. The lowest BCUT2D eigenvalue weighted by Crippen LogP contribution is -2.43. The minimum atomic E-state index is -3.92. The highest BCUT2D eigenvalue weighted by Crippen LogP contribution is 2.31. The molecule has 0 radical (unpaired) electrons. The maximum Gasteiger partial charge on any atom is 0.339 e. The Morgan fingerprint density at radius 3 is 2.63 bits per heavy atom. The maximum atomic E-state index is 13.1. The van der Waals surface area contributed by atoms with Gasteiger partial charge in [0.25, 0.3) is 0 Å². The zero-order valence-electron chi connectivity index (χ0n) is 16.1. The van der Waals surface area contributed by atoms with Crippen LogP contribution in [0.4, 0.5) is 5.69 Å². The van der Waals surface area contributed by atoms with Crippen LogP contribution in [-0.2, 0) is 19.6 Å².